The van der Waals surface area contributed by atoms with Crippen LogP contribution in [0, 0.1) is 21.4 Å². The first-order chi connectivity index (χ1) is 35.0. The number of carbonyl (C=O) groups is 1. The minimum absolute atomic E-state index is 0.0251. The fraction of sp³-hybridized carbons (Fsp3) is 0.439. The van der Waals surface area contributed by atoms with Crippen LogP contribution in [0.15, 0.2) is 120 Å². The van der Waals surface area contributed by atoms with Gasteiger partial charge in [0, 0.05) is 86.8 Å². The second-order valence-electron chi connectivity index (χ2n) is 21.7. The zero-order valence-electron chi connectivity index (χ0n) is 42.3. The molecule has 4 N–H and O–H groups in total. The smallest absolute Gasteiger partial charge is 0.293 e. The first-order valence-electron chi connectivity index (χ1n) is 26.0. The van der Waals surface area contributed by atoms with Crippen LogP contribution in [0.2, 0.25) is 0 Å². The number of fused-ring (bicyclic) bond motifs is 1. The number of anilines is 2. The van der Waals surface area contributed by atoms with Crippen LogP contribution in [0.4, 0.5) is 17.1 Å². The number of aliphatic hydroxyl groups is 1. The third-order valence-corrected chi connectivity index (χ3v) is 17.9. The lowest BCUT2D eigenvalue weighted by molar-refractivity contribution is -0.384. The van der Waals surface area contributed by atoms with Crippen LogP contribution >= 0.6 is 0 Å². The number of carbonyl (C=O) groups excluding carboxylic acids is 1. The Balaban J connectivity index is 0.837. The molecule has 2 saturated heterocycles. The summed E-state index contributed by atoms with van der Waals surface area (Å²) in [5, 5.41) is 26.5. The zero-order chi connectivity index (χ0) is 51.1. The average Bonchev–Trinajstić information content (AvgIpc) is 3.86. The molecular formula is C57H68N8O7S. The zero-order valence-corrected chi connectivity index (χ0v) is 43.1. The summed E-state index contributed by atoms with van der Waals surface area (Å²) < 4.78 is 36.3. The summed E-state index contributed by atoms with van der Waals surface area (Å²) in [4.78, 5) is 40.6. The standard InChI is InChI=1S/C57H68N8O7S/c1-38(2)47-12-8-9-13-48(47)52-37-63(39(3)41-10-6-5-7-11-41)28-29-64(52)44-33-57(34-44)23-26-62(27-24-57)43-14-16-49(53(31-43)72-45-30-42-20-25-58-54(42)60-36-45)55(66)61-73(70,71)46-15-17-50(51(32-46)65(68)69)59-35-40-18-21-56(4,67)22-19-40/h5-17,20,25,30-32,36,38-40,44,52,59,67H,18-19,21-24,26-29,33-35,37H2,1-4H3,(H,58,60)(H,61,66)/t39?,40-,52?,56-. The number of amides is 1. The third kappa shape index (κ3) is 10.8. The molecule has 16 heteroatoms. The molecule has 6 aromatic rings. The lowest BCUT2D eigenvalue weighted by Gasteiger charge is -2.58. The Labute approximate surface area is 428 Å². The fourth-order valence-corrected chi connectivity index (χ4v) is 13.0. The number of piperidine rings is 1. The van der Waals surface area contributed by atoms with Crippen molar-refractivity contribution in [1.82, 2.24) is 24.5 Å². The minimum Gasteiger partial charge on any atom is -0.455 e. The van der Waals surface area contributed by atoms with E-state index in [0.29, 0.717) is 54.8 Å². The summed E-state index contributed by atoms with van der Waals surface area (Å²) in [7, 11) is -4.58. The van der Waals surface area contributed by atoms with Crippen molar-refractivity contribution < 1.29 is 28.0 Å². The molecule has 384 valence electrons. The van der Waals surface area contributed by atoms with Crippen molar-refractivity contribution in [2.75, 3.05) is 49.5 Å². The van der Waals surface area contributed by atoms with E-state index in [1.54, 1.807) is 30.6 Å². The van der Waals surface area contributed by atoms with E-state index in [9.17, 15) is 28.4 Å². The van der Waals surface area contributed by atoms with Gasteiger partial charge in [-0.05, 0) is 136 Å². The number of hydrogen-bond acceptors (Lipinski definition) is 12. The van der Waals surface area contributed by atoms with Gasteiger partial charge in [0.2, 0.25) is 0 Å². The highest BCUT2D eigenvalue weighted by Gasteiger charge is 2.50. The minimum atomic E-state index is -4.58. The number of aromatic amines is 1. The first-order valence-corrected chi connectivity index (χ1v) is 27.5. The fourth-order valence-electron chi connectivity index (χ4n) is 12.0. The second kappa shape index (κ2) is 20.5. The van der Waals surface area contributed by atoms with E-state index < -0.39 is 37.0 Å². The van der Waals surface area contributed by atoms with Crippen LogP contribution in [0.1, 0.15) is 124 Å². The Kier molecular flexibility index (Phi) is 14.1. The first kappa shape index (κ1) is 50.2. The van der Waals surface area contributed by atoms with E-state index in [1.807, 2.05) is 19.1 Å². The molecule has 2 aliphatic heterocycles. The van der Waals surface area contributed by atoms with Crippen molar-refractivity contribution in [1.29, 1.82) is 0 Å². The Hall–Kier alpha value is -6.33. The number of nitrogens with zero attached hydrogens (tertiary/aromatic N) is 5. The third-order valence-electron chi connectivity index (χ3n) is 16.5. The summed E-state index contributed by atoms with van der Waals surface area (Å²) in [5.74, 6) is 0.190. The Morgan fingerprint density at radius 1 is 0.918 bits per heavy atom. The van der Waals surface area contributed by atoms with Gasteiger partial charge in [0.1, 0.15) is 22.8 Å². The highest BCUT2D eigenvalue weighted by Crippen LogP contribution is 2.54. The molecule has 73 heavy (non-hydrogen) atoms. The van der Waals surface area contributed by atoms with Crippen LogP contribution < -0.4 is 19.7 Å². The quantitative estimate of drug-likeness (QED) is 0.0564. The van der Waals surface area contributed by atoms with Crippen LogP contribution in [0.3, 0.4) is 0 Å². The number of sulfonamides is 1. The van der Waals surface area contributed by atoms with Gasteiger partial charge < -0.3 is 25.0 Å². The van der Waals surface area contributed by atoms with Crippen molar-refractivity contribution in [2.24, 2.45) is 11.3 Å². The van der Waals surface area contributed by atoms with Crippen molar-refractivity contribution >= 4 is 44.0 Å². The summed E-state index contributed by atoms with van der Waals surface area (Å²) in [6.45, 7) is 13.9. The molecule has 0 bridgehead atoms. The number of aromatic nitrogens is 2. The van der Waals surface area contributed by atoms with Gasteiger partial charge in [-0.15, -0.1) is 0 Å². The van der Waals surface area contributed by atoms with Crippen molar-refractivity contribution in [2.45, 2.75) is 114 Å². The van der Waals surface area contributed by atoms with Crippen molar-refractivity contribution in [3.05, 3.63) is 148 Å². The number of benzene rings is 4. The lowest BCUT2D eigenvalue weighted by atomic mass is 9.59. The molecule has 1 amide bonds. The summed E-state index contributed by atoms with van der Waals surface area (Å²) >= 11 is 0. The summed E-state index contributed by atoms with van der Waals surface area (Å²) in [6.07, 6.45) is 10.5. The molecule has 2 saturated carbocycles. The van der Waals surface area contributed by atoms with E-state index in [4.69, 9.17) is 4.74 Å². The second-order valence-corrected chi connectivity index (χ2v) is 23.4. The van der Waals surface area contributed by atoms with Gasteiger partial charge in [-0.2, -0.15) is 0 Å². The topological polar surface area (TPSA) is 186 Å². The van der Waals surface area contributed by atoms with Crippen LogP contribution in [-0.2, 0) is 10.0 Å². The Morgan fingerprint density at radius 2 is 1.66 bits per heavy atom. The SMILES string of the molecule is CC(C)c1ccccc1C1CN(C(C)c2ccccc2)CCN1C1CC2(CCN(c3ccc(C(=O)NS(=O)(=O)c4ccc(NC[C@H]5CC[C@](C)(O)CC5)c([N+](=O)[O-])c4)c(Oc4cnc5[nH]ccc5c4)c3)CC2)C1. The Morgan fingerprint density at radius 3 is 2.40 bits per heavy atom. The molecule has 2 unspecified atom stereocenters. The predicted octanol–water partition coefficient (Wildman–Crippen LogP) is 10.7. The van der Waals surface area contributed by atoms with Gasteiger partial charge in [0.05, 0.1) is 27.2 Å². The maximum atomic E-state index is 14.1. The van der Waals surface area contributed by atoms with Crippen LogP contribution in [-0.4, -0.2) is 95.0 Å². The maximum absolute atomic E-state index is 14.1. The highest BCUT2D eigenvalue weighted by atomic mass is 32.2. The van der Waals surface area contributed by atoms with Gasteiger partial charge in [0.25, 0.3) is 21.6 Å². The molecule has 2 aliphatic carbocycles. The highest BCUT2D eigenvalue weighted by molar-refractivity contribution is 7.90. The van der Waals surface area contributed by atoms with Crippen LogP contribution in [0.5, 0.6) is 11.5 Å². The molecule has 2 aromatic heterocycles. The van der Waals surface area contributed by atoms with E-state index in [2.05, 4.69) is 110 Å². The largest absolute Gasteiger partial charge is 0.455 e. The van der Waals surface area contributed by atoms with Crippen LogP contribution in [0.25, 0.3) is 11.0 Å². The van der Waals surface area contributed by atoms with Gasteiger partial charge in [-0.1, -0.05) is 68.4 Å². The predicted molar refractivity (Wildman–Crippen MR) is 285 cm³/mol. The molecule has 4 heterocycles. The molecule has 10 rings (SSSR count). The molecule has 4 aliphatic rings. The molecular weight excluding hydrogens is 941 g/mol. The summed E-state index contributed by atoms with van der Waals surface area (Å²) in [6, 6.07) is 33.4. The Bertz CT molecular complexity index is 3060. The number of nitro benzene ring substituents is 1. The number of hydrogen-bond donors (Lipinski definition) is 4. The van der Waals surface area contributed by atoms with Gasteiger partial charge in [-0.25, -0.2) is 18.1 Å². The van der Waals surface area contributed by atoms with E-state index in [0.717, 1.165) is 88.4 Å². The molecule has 4 aromatic carbocycles. The molecule has 0 radical (unpaired) electrons. The van der Waals surface area contributed by atoms with Gasteiger partial charge >= 0.3 is 0 Å². The number of rotatable bonds is 15. The average molecular weight is 1010 g/mol. The molecule has 1 spiro atoms. The monoisotopic (exact) mass is 1010 g/mol. The van der Waals surface area contributed by atoms with Crippen molar-refractivity contribution in [3.63, 3.8) is 0 Å². The number of piperazine rings is 1. The van der Waals surface area contributed by atoms with Gasteiger partial charge in [-0.3, -0.25) is 24.7 Å². The summed E-state index contributed by atoms with van der Waals surface area (Å²) in [5.41, 5.74) is 4.99. The number of nitrogens with one attached hydrogen (secondary N) is 3. The van der Waals surface area contributed by atoms with Crippen molar-refractivity contribution in [3.8, 4) is 11.5 Å². The maximum Gasteiger partial charge on any atom is 0.293 e. The molecule has 4 fully saturated rings. The molecule has 2 atom stereocenters. The number of pyridine rings is 1. The van der Waals surface area contributed by atoms with Gasteiger partial charge in [0.15, 0.2) is 0 Å². The van der Waals surface area contributed by atoms with E-state index in [1.165, 1.54) is 28.8 Å². The lowest BCUT2D eigenvalue weighted by Crippen LogP contribution is -2.60. The number of ether oxygens (including phenoxy) is 1. The normalized spacial score (nSPS) is 22.2. The van der Waals surface area contributed by atoms with E-state index >= 15 is 0 Å². The number of nitro groups is 1. The molecule has 15 nitrogen and oxygen atoms in total. The number of H-pyrrole nitrogens is 1. The van der Waals surface area contributed by atoms with E-state index in [-0.39, 0.29) is 28.3 Å².